The summed E-state index contributed by atoms with van der Waals surface area (Å²) in [7, 11) is -0.218. The lowest BCUT2D eigenvalue weighted by Crippen LogP contribution is -2.24. The van der Waals surface area contributed by atoms with Crippen LogP contribution in [0.2, 0.25) is 18.1 Å². The molecule has 0 atom stereocenters. The summed E-state index contributed by atoms with van der Waals surface area (Å²) in [5.41, 5.74) is 0. The highest BCUT2D eigenvalue weighted by Crippen LogP contribution is 2.31. The van der Waals surface area contributed by atoms with Crippen LogP contribution in [-0.2, 0) is 0 Å². The molecule has 1 radical (unpaired) electrons. The monoisotopic (exact) mass is 405 g/mol. The Morgan fingerprint density at radius 2 is 1.78 bits per heavy atom. The Labute approximate surface area is 160 Å². The van der Waals surface area contributed by atoms with Gasteiger partial charge in [0, 0.05) is 14.9 Å². The van der Waals surface area contributed by atoms with E-state index in [1.54, 1.807) is 0 Å². The van der Waals surface area contributed by atoms with Gasteiger partial charge in [0.25, 0.3) is 0 Å². The SMILES string of the molecule is CCCCCCC[Si]1CCC(COc2ccc(OC(F)(F)F)c(F)c2)CC1. The second kappa shape index (κ2) is 10.9. The summed E-state index contributed by atoms with van der Waals surface area (Å²) in [4.78, 5) is 0. The molecule has 1 aromatic carbocycles. The summed E-state index contributed by atoms with van der Waals surface area (Å²) in [6.45, 7) is 2.72. The molecule has 0 aliphatic carbocycles. The van der Waals surface area contributed by atoms with Gasteiger partial charge in [-0.05, 0) is 30.9 Å². The van der Waals surface area contributed by atoms with Crippen molar-refractivity contribution in [2.45, 2.75) is 76.4 Å². The van der Waals surface area contributed by atoms with Crippen molar-refractivity contribution in [3.63, 3.8) is 0 Å². The molecule has 1 saturated heterocycles. The van der Waals surface area contributed by atoms with E-state index in [0.29, 0.717) is 12.5 Å². The lowest BCUT2D eigenvalue weighted by Gasteiger charge is -2.27. The van der Waals surface area contributed by atoms with Crippen molar-refractivity contribution < 1.29 is 27.0 Å². The summed E-state index contributed by atoms with van der Waals surface area (Å²) >= 11 is 0. The van der Waals surface area contributed by atoms with Gasteiger partial charge in [0.2, 0.25) is 0 Å². The van der Waals surface area contributed by atoms with Gasteiger partial charge in [-0.3, -0.25) is 0 Å². The van der Waals surface area contributed by atoms with E-state index in [1.807, 2.05) is 0 Å². The Kier molecular flexibility index (Phi) is 8.92. The van der Waals surface area contributed by atoms with E-state index in [4.69, 9.17) is 4.74 Å². The number of halogens is 4. The molecule has 0 saturated carbocycles. The zero-order valence-corrected chi connectivity index (χ0v) is 16.9. The lowest BCUT2D eigenvalue weighted by molar-refractivity contribution is -0.275. The maximum absolute atomic E-state index is 13.7. The van der Waals surface area contributed by atoms with Crippen LogP contribution in [0, 0.1) is 11.7 Å². The fraction of sp³-hybridized carbons (Fsp3) is 0.700. The minimum absolute atomic E-state index is 0.218. The molecule has 27 heavy (non-hydrogen) atoms. The molecule has 1 aromatic rings. The van der Waals surface area contributed by atoms with Crippen LogP contribution in [0.25, 0.3) is 0 Å². The lowest BCUT2D eigenvalue weighted by atomic mass is 10.0. The number of hydrogen-bond acceptors (Lipinski definition) is 2. The highest BCUT2D eigenvalue weighted by molar-refractivity contribution is 6.58. The third-order valence-electron chi connectivity index (χ3n) is 5.06. The Balaban J connectivity index is 1.67. The van der Waals surface area contributed by atoms with Gasteiger partial charge in [-0.1, -0.05) is 57.2 Å². The Morgan fingerprint density at radius 1 is 1.07 bits per heavy atom. The Morgan fingerprint density at radius 3 is 2.41 bits per heavy atom. The van der Waals surface area contributed by atoms with Crippen LogP contribution >= 0.6 is 0 Å². The zero-order chi connectivity index (χ0) is 19.7. The molecule has 0 amide bonds. The van der Waals surface area contributed by atoms with E-state index < -0.39 is 17.9 Å². The van der Waals surface area contributed by atoms with E-state index in [-0.39, 0.29) is 14.5 Å². The van der Waals surface area contributed by atoms with Gasteiger partial charge in [-0.2, -0.15) is 0 Å². The molecule has 0 bridgehead atoms. The first-order chi connectivity index (χ1) is 12.9. The molecule has 7 heteroatoms. The summed E-state index contributed by atoms with van der Waals surface area (Å²) in [5, 5.41) is 0. The zero-order valence-electron chi connectivity index (χ0n) is 15.9. The molecule has 1 fully saturated rings. The molecule has 0 unspecified atom stereocenters. The average Bonchev–Trinajstić information content (AvgIpc) is 2.62. The van der Waals surface area contributed by atoms with Crippen molar-refractivity contribution in [3.8, 4) is 11.5 Å². The number of unbranched alkanes of at least 4 members (excludes halogenated alkanes) is 4. The molecule has 2 rings (SSSR count). The molecule has 2 nitrogen and oxygen atoms in total. The van der Waals surface area contributed by atoms with Crippen molar-refractivity contribution in [3.05, 3.63) is 24.0 Å². The minimum atomic E-state index is -4.90. The smallest absolute Gasteiger partial charge is 0.493 e. The van der Waals surface area contributed by atoms with Crippen molar-refractivity contribution >= 4 is 8.80 Å². The number of alkyl halides is 3. The van der Waals surface area contributed by atoms with Crippen molar-refractivity contribution in [2.24, 2.45) is 5.92 Å². The highest BCUT2D eigenvalue weighted by Gasteiger charge is 2.32. The second-order valence-corrected chi connectivity index (χ2v) is 10.3. The number of benzene rings is 1. The normalized spacial score (nSPS) is 16.5. The van der Waals surface area contributed by atoms with Gasteiger partial charge < -0.3 is 9.47 Å². The minimum Gasteiger partial charge on any atom is -0.493 e. The van der Waals surface area contributed by atoms with E-state index >= 15 is 0 Å². The highest BCUT2D eigenvalue weighted by atomic mass is 28.3. The van der Waals surface area contributed by atoms with E-state index in [0.717, 1.165) is 25.0 Å². The molecule has 1 aliphatic rings. The predicted octanol–water partition coefficient (Wildman–Crippen LogP) is 6.98. The summed E-state index contributed by atoms with van der Waals surface area (Å²) in [5.74, 6) is -1.21. The third kappa shape index (κ3) is 8.54. The van der Waals surface area contributed by atoms with Crippen LogP contribution in [0.5, 0.6) is 11.5 Å². The van der Waals surface area contributed by atoms with Crippen LogP contribution in [0.1, 0.15) is 51.9 Å². The van der Waals surface area contributed by atoms with E-state index in [9.17, 15) is 17.6 Å². The van der Waals surface area contributed by atoms with E-state index in [1.165, 1.54) is 56.3 Å². The topological polar surface area (TPSA) is 18.5 Å². The predicted molar refractivity (Wildman–Crippen MR) is 100 cm³/mol. The molecular weight excluding hydrogens is 376 g/mol. The van der Waals surface area contributed by atoms with Crippen molar-refractivity contribution in [1.82, 2.24) is 0 Å². The first kappa shape index (κ1) is 22.1. The largest absolute Gasteiger partial charge is 0.573 e. The fourth-order valence-corrected chi connectivity index (χ4v) is 6.61. The Hall–Kier alpha value is -1.24. The van der Waals surface area contributed by atoms with E-state index in [2.05, 4.69) is 11.7 Å². The maximum Gasteiger partial charge on any atom is 0.573 e. The third-order valence-corrected chi connectivity index (χ3v) is 8.11. The maximum atomic E-state index is 13.7. The van der Waals surface area contributed by atoms with Crippen molar-refractivity contribution in [2.75, 3.05) is 6.61 Å². The molecule has 153 valence electrons. The van der Waals surface area contributed by atoms with Crippen molar-refractivity contribution in [1.29, 1.82) is 0 Å². The molecule has 1 aliphatic heterocycles. The molecule has 0 spiro atoms. The first-order valence-electron chi connectivity index (χ1n) is 9.89. The summed E-state index contributed by atoms with van der Waals surface area (Å²) < 4.78 is 59.4. The van der Waals surface area contributed by atoms with Crippen LogP contribution < -0.4 is 9.47 Å². The molecule has 0 N–H and O–H groups in total. The molecule has 1 heterocycles. The van der Waals surface area contributed by atoms with Gasteiger partial charge in [0.05, 0.1) is 6.61 Å². The van der Waals surface area contributed by atoms with Gasteiger partial charge in [-0.25, -0.2) is 4.39 Å². The molecule has 0 aromatic heterocycles. The van der Waals surface area contributed by atoms with Gasteiger partial charge in [0.1, 0.15) is 5.75 Å². The average molecular weight is 406 g/mol. The Bertz CT molecular complexity index is 557. The molecular formula is C20H29F4O2Si. The van der Waals surface area contributed by atoms with Gasteiger partial charge >= 0.3 is 6.36 Å². The van der Waals surface area contributed by atoms with Crippen LogP contribution in [0.4, 0.5) is 17.6 Å². The number of ether oxygens (including phenoxy) is 2. The second-order valence-electron chi connectivity index (χ2n) is 7.31. The van der Waals surface area contributed by atoms with Crippen LogP contribution in [-0.4, -0.2) is 21.8 Å². The quantitative estimate of drug-likeness (QED) is 0.237. The van der Waals surface area contributed by atoms with Crippen LogP contribution in [0.3, 0.4) is 0 Å². The number of rotatable bonds is 10. The van der Waals surface area contributed by atoms with Gasteiger partial charge in [-0.15, -0.1) is 13.2 Å². The van der Waals surface area contributed by atoms with Crippen LogP contribution in [0.15, 0.2) is 18.2 Å². The standard InChI is InChI=1S/C20H29F4O2Si/c1-2-3-4-5-6-11-27-12-9-16(10-13-27)15-25-17-7-8-19(18(21)14-17)26-20(22,23)24/h7-8,14,16H,2-6,9-13,15H2,1H3. The number of hydrogen-bond donors (Lipinski definition) is 0. The van der Waals surface area contributed by atoms with Gasteiger partial charge in [0.15, 0.2) is 11.6 Å². The fourth-order valence-electron chi connectivity index (χ4n) is 3.47. The first-order valence-corrected chi connectivity index (χ1v) is 12.0. The summed E-state index contributed by atoms with van der Waals surface area (Å²) in [6.07, 6.45) is 4.07. The summed E-state index contributed by atoms with van der Waals surface area (Å²) in [6, 6.07) is 7.25.